The van der Waals surface area contributed by atoms with Gasteiger partial charge in [-0.1, -0.05) is 23.7 Å². The number of carbonyl (C=O) groups excluding carboxylic acids is 1. The van der Waals surface area contributed by atoms with Gasteiger partial charge in [-0.2, -0.15) is 0 Å². The van der Waals surface area contributed by atoms with Gasteiger partial charge in [0.2, 0.25) is 0 Å². The Morgan fingerprint density at radius 1 is 1.22 bits per heavy atom. The molecule has 7 nitrogen and oxygen atoms in total. The lowest BCUT2D eigenvalue weighted by Crippen LogP contribution is -2.40. The summed E-state index contributed by atoms with van der Waals surface area (Å²) in [5.74, 6) is -0.127. The minimum atomic E-state index is -1.06. The number of hydrogen-bond donors (Lipinski definition) is 1. The van der Waals surface area contributed by atoms with E-state index in [-0.39, 0.29) is 5.91 Å². The molecule has 1 unspecified atom stereocenters. The first kappa shape index (κ1) is 23.1. The first-order valence-corrected chi connectivity index (χ1v) is 11.4. The molecule has 2 atom stereocenters. The molecule has 0 radical (unpaired) electrons. The van der Waals surface area contributed by atoms with Crippen molar-refractivity contribution in [2.24, 2.45) is 0 Å². The Bertz CT molecular complexity index is 966. The van der Waals surface area contributed by atoms with Gasteiger partial charge in [-0.3, -0.25) is 14.7 Å². The molecule has 1 fully saturated rings. The molecule has 1 N–H and O–H groups in total. The zero-order chi connectivity index (χ0) is 22.9. The number of aromatic nitrogens is 1. The monoisotopic (exact) mass is 458 g/mol. The molecule has 1 aromatic carbocycles. The number of benzene rings is 1. The first-order chi connectivity index (χ1) is 15.3. The SMILES string of the molecule is CO[C@@H]1c2ccc(C(C)(O)CN3CCCN(C)CC3)cc2C(=O)N1Cc1ccc(Cl)cn1. The van der Waals surface area contributed by atoms with Crippen LogP contribution in [-0.2, 0) is 16.9 Å². The van der Waals surface area contributed by atoms with Crippen molar-refractivity contribution in [3.05, 3.63) is 63.9 Å². The van der Waals surface area contributed by atoms with Crippen molar-refractivity contribution in [1.82, 2.24) is 19.7 Å². The van der Waals surface area contributed by atoms with Crippen LogP contribution in [0, 0.1) is 0 Å². The first-order valence-electron chi connectivity index (χ1n) is 11.0. The lowest BCUT2D eigenvalue weighted by atomic mass is 9.92. The van der Waals surface area contributed by atoms with Crippen LogP contribution >= 0.6 is 11.6 Å². The Morgan fingerprint density at radius 3 is 2.75 bits per heavy atom. The number of β-amino-alcohol motifs (C(OH)–C–C–N with tert-alkyl or cyclic N) is 1. The molecule has 1 saturated heterocycles. The lowest BCUT2D eigenvalue weighted by Gasteiger charge is -2.31. The van der Waals surface area contributed by atoms with Gasteiger partial charge < -0.3 is 19.6 Å². The minimum Gasteiger partial charge on any atom is -0.384 e. The molecular weight excluding hydrogens is 428 g/mol. The fraction of sp³-hybridized carbons (Fsp3) is 0.500. The topological polar surface area (TPSA) is 69.1 Å². The number of pyridine rings is 1. The molecule has 32 heavy (non-hydrogen) atoms. The molecule has 8 heteroatoms. The van der Waals surface area contributed by atoms with Crippen molar-refractivity contribution in [1.29, 1.82) is 0 Å². The van der Waals surface area contributed by atoms with Gasteiger partial charge in [0.05, 0.1) is 22.9 Å². The highest BCUT2D eigenvalue weighted by Gasteiger charge is 2.39. The van der Waals surface area contributed by atoms with Gasteiger partial charge in [0.25, 0.3) is 5.91 Å². The number of carbonyl (C=O) groups is 1. The number of likely N-dealkylation sites (N-methyl/N-ethyl adjacent to an activating group) is 1. The van der Waals surface area contributed by atoms with Gasteiger partial charge in [-0.05, 0) is 57.2 Å². The molecule has 0 saturated carbocycles. The van der Waals surface area contributed by atoms with E-state index in [0.717, 1.165) is 49.4 Å². The van der Waals surface area contributed by atoms with E-state index in [1.807, 2.05) is 25.1 Å². The second kappa shape index (κ2) is 9.45. The molecule has 172 valence electrons. The van der Waals surface area contributed by atoms with Crippen LogP contribution in [0.4, 0.5) is 0 Å². The number of hydrogen-bond acceptors (Lipinski definition) is 6. The fourth-order valence-electron chi connectivity index (χ4n) is 4.59. The third-order valence-corrected chi connectivity index (χ3v) is 6.63. The molecule has 1 amide bonds. The molecule has 2 aliphatic heterocycles. The summed E-state index contributed by atoms with van der Waals surface area (Å²) in [7, 11) is 3.72. The summed E-state index contributed by atoms with van der Waals surface area (Å²) >= 11 is 5.93. The van der Waals surface area contributed by atoms with Gasteiger partial charge in [-0.25, -0.2) is 0 Å². The van der Waals surface area contributed by atoms with Crippen molar-refractivity contribution in [2.45, 2.75) is 31.7 Å². The second-order valence-electron chi connectivity index (χ2n) is 9.00. The highest BCUT2D eigenvalue weighted by molar-refractivity contribution is 6.30. The number of ether oxygens (including phenoxy) is 1. The van der Waals surface area contributed by atoms with E-state index in [2.05, 4.69) is 21.8 Å². The van der Waals surface area contributed by atoms with Crippen LogP contribution in [0.15, 0.2) is 36.5 Å². The number of fused-ring (bicyclic) bond motifs is 1. The van der Waals surface area contributed by atoms with Crippen LogP contribution in [-0.4, -0.2) is 77.6 Å². The van der Waals surface area contributed by atoms with E-state index in [9.17, 15) is 9.90 Å². The zero-order valence-corrected chi connectivity index (χ0v) is 19.7. The second-order valence-corrected chi connectivity index (χ2v) is 9.43. The average Bonchev–Trinajstić information content (AvgIpc) is 2.88. The number of amides is 1. The number of methoxy groups -OCH3 is 1. The predicted octanol–water partition coefficient (Wildman–Crippen LogP) is 2.88. The molecule has 3 heterocycles. The summed E-state index contributed by atoms with van der Waals surface area (Å²) in [5, 5.41) is 11.9. The van der Waals surface area contributed by atoms with E-state index in [4.69, 9.17) is 16.3 Å². The van der Waals surface area contributed by atoms with E-state index < -0.39 is 11.8 Å². The fourth-order valence-corrected chi connectivity index (χ4v) is 4.70. The normalized spacial score (nSPS) is 22.0. The molecule has 4 rings (SSSR count). The van der Waals surface area contributed by atoms with Crippen molar-refractivity contribution in [3.8, 4) is 0 Å². The quantitative estimate of drug-likeness (QED) is 0.717. The van der Waals surface area contributed by atoms with Gasteiger partial charge in [0.15, 0.2) is 6.23 Å². The summed E-state index contributed by atoms with van der Waals surface area (Å²) in [4.78, 5) is 23.9. The molecular formula is C24H31ClN4O3. The van der Waals surface area contributed by atoms with Crippen LogP contribution < -0.4 is 0 Å². The lowest BCUT2D eigenvalue weighted by molar-refractivity contribution is -0.0167. The van der Waals surface area contributed by atoms with Gasteiger partial charge >= 0.3 is 0 Å². The van der Waals surface area contributed by atoms with Crippen molar-refractivity contribution in [2.75, 3.05) is 46.9 Å². The molecule has 0 bridgehead atoms. The smallest absolute Gasteiger partial charge is 0.256 e. The van der Waals surface area contributed by atoms with E-state index in [1.165, 1.54) is 0 Å². The zero-order valence-electron chi connectivity index (χ0n) is 18.9. The summed E-state index contributed by atoms with van der Waals surface area (Å²) in [5.41, 5.74) is 1.78. The summed E-state index contributed by atoms with van der Waals surface area (Å²) in [6.07, 6.45) is 2.16. The van der Waals surface area contributed by atoms with E-state index >= 15 is 0 Å². The Morgan fingerprint density at radius 2 is 2.03 bits per heavy atom. The highest BCUT2D eigenvalue weighted by atomic mass is 35.5. The van der Waals surface area contributed by atoms with Crippen molar-refractivity contribution >= 4 is 17.5 Å². The molecule has 1 aromatic heterocycles. The minimum absolute atomic E-state index is 0.127. The Balaban J connectivity index is 1.54. The Hall–Kier alpha value is -2.03. The maximum atomic E-state index is 13.3. The highest BCUT2D eigenvalue weighted by Crippen LogP contribution is 2.37. The van der Waals surface area contributed by atoms with E-state index in [1.54, 1.807) is 30.3 Å². The summed E-state index contributed by atoms with van der Waals surface area (Å²) in [6, 6.07) is 9.20. The maximum Gasteiger partial charge on any atom is 0.256 e. The molecule has 2 aromatic rings. The molecule has 2 aliphatic rings. The largest absolute Gasteiger partial charge is 0.384 e. The van der Waals surface area contributed by atoms with Crippen molar-refractivity contribution in [3.63, 3.8) is 0 Å². The third kappa shape index (κ3) is 4.82. The van der Waals surface area contributed by atoms with Crippen LogP contribution in [0.25, 0.3) is 0 Å². The van der Waals surface area contributed by atoms with Crippen LogP contribution in [0.5, 0.6) is 0 Å². The van der Waals surface area contributed by atoms with Crippen molar-refractivity contribution < 1.29 is 14.6 Å². The molecule has 0 aliphatic carbocycles. The van der Waals surface area contributed by atoms with Crippen LogP contribution in [0.3, 0.4) is 0 Å². The van der Waals surface area contributed by atoms with Crippen LogP contribution in [0.2, 0.25) is 5.02 Å². The Kier molecular flexibility index (Phi) is 6.83. The summed E-state index contributed by atoms with van der Waals surface area (Å²) in [6.45, 7) is 6.61. The third-order valence-electron chi connectivity index (χ3n) is 6.40. The van der Waals surface area contributed by atoms with Gasteiger partial charge in [-0.15, -0.1) is 0 Å². The standard InChI is InChI=1S/C24H31ClN4O3/c1-24(31,16-28-10-4-9-27(2)11-12-28)17-5-8-20-21(13-17)22(30)29(23(20)32-3)15-19-7-6-18(25)14-26-19/h5-8,13-14,23,31H,4,9-12,15-16H2,1-3H3/t23-,24?/m1/s1. The number of nitrogens with zero attached hydrogens (tertiary/aromatic N) is 4. The summed E-state index contributed by atoms with van der Waals surface area (Å²) < 4.78 is 5.66. The predicted molar refractivity (Wildman–Crippen MR) is 123 cm³/mol. The molecule has 0 spiro atoms. The van der Waals surface area contributed by atoms with E-state index in [0.29, 0.717) is 23.7 Å². The van der Waals surface area contributed by atoms with Crippen LogP contribution in [0.1, 0.15) is 46.8 Å². The number of aliphatic hydroxyl groups is 1. The van der Waals surface area contributed by atoms with Gasteiger partial charge in [0.1, 0.15) is 0 Å². The Labute approximate surface area is 194 Å². The van der Waals surface area contributed by atoms with Gasteiger partial charge in [0, 0.05) is 44.1 Å². The maximum absolute atomic E-state index is 13.3. The number of halogens is 1. The number of rotatable bonds is 6. The average molecular weight is 459 g/mol.